The van der Waals surface area contributed by atoms with Gasteiger partial charge in [0, 0.05) is 38.6 Å². The van der Waals surface area contributed by atoms with Crippen LogP contribution >= 0.6 is 11.3 Å². The summed E-state index contributed by atoms with van der Waals surface area (Å²) in [6, 6.07) is 12.4. The summed E-state index contributed by atoms with van der Waals surface area (Å²) >= 11 is 1.40. The third kappa shape index (κ3) is 4.39. The second-order valence-electron chi connectivity index (χ2n) is 7.44. The number of carbonyl (C=O) groups excluding carboxylic acids is 2. The van der Waals surface area contributed by atoms with E-state index in [0.29, 0.717) is 0 Å². The van der Waals surface area contributed by atoms with Gasteiger partial charge in [0.05, 0.1) is 9.88 Å². The topological polar surface area (TPSA) is 52.7 Å². The van der Waals surface area contributed by atoms with E-state index in [1.165, 1.54) is 16.9 Å². The number of carbonyl (C=O) groups is 2. The van der Waals surface area contributed by atoms with E-state index in [1.54, 1.807) is 0 Å². The highest BCUT2D eigenvalue weighted by atomic mass is 32.1. The first kappa shape index (κ1) is 18.2. The second kappa shape index (κ2) is 7.82. The summed E-state index contributed by atoms with van der Waals surface area (Å²) in [6.45, 7) is 6.13. The molecule has 1 saturated carbocycles. The molecule has 0 unspecified atom stereocenters. The van der Waals surface area contributed by atoms with Gasteiger partial charge in [0.15, 0.2) is 0 Å². The first-order valence-corrected chi connectivity index (χ1v) is 10.4. The molecule has 1 aromatic carbocycles. The number of aryl methyl sites for hydroxylation is 1. The van der Waals surface area contributed by atoms with Crippen molar-refractivity contribution in [2.45, 2.75) is 26.3 Å². The molecule has 2 aliphatic rings. The number of nitrogens with one attached hydrogen (secondary N) is 1. The van der Waals surface area contributed by atoms with Crippen LogP contribution in [0.1, 0.15) is 33.6 Å². The summed E-state index contributed by atoms with van der Waals surface area (Å²) in [5.74, 6) is 0.345. The van der Waals surface area contributed by atoms with Crippen molar-refractivity contribution in [2.24, 2.45) is 5.92 Å². The van der Waals surface area contributed by atoms with Crippen molar-refractivity contribution in [2.75, 3.05) is 31.5 Å². The van der Waals surface area contributed by atoms with Crippen LogP contribution in [-0.4, -0.2) is 47.8 Å². The van der Waals surface area contributed by atoms with Gasteiger partial charge in [-0.2, -0.15) is 0 Å². The number of rotatable bonds is 5. The van der Waals surface area contributed by atoms with Crippen LogP contribution in [0.4, 0.5) is 5.00 Å². The van der Waals surface area contributed by atoms with Crippen LogP contribution in [0.5, 0.6) is 0 Å². The summed E-state index contributed by atoms with van der Waals surface area (Å²) in [7, 11) is 0. The van der Waals surface area contributed by atoms with Crippen molar-refractivity contribution < 1.29 is 9.59 Å². The van der Waals surface area contributed by atoms with Crippen molar-refractivity contribution in [3.8, 4) is 0 Å². The average molecular weight is 384 g/mol. The van der Waals surface area contributed by atoms with Crippen LogP contribution in [0.25, 0.3) is 0 Å². The van der Waals surface area contributed by atoms with Crippen molar-refractivity contribution in [1.82, 2.24) is 9.80 Å². The van der Waals surface area contributed by atoms with Crippen LogP contribution in [-0.2, 0) is 11.3 Å². The van der Waals surface area contributed by atoms with Gasteiger partial charge < -0.3 is 10.2 Å². The Morgan fingerprint density at radius 1 is 1.11 bits per heavy atom. The first-order valence-electron chi connectivity index (χ1n) is 9.57. The standard InChI is InChI=1S/C21H25N3O2S/c1-15-13-18(22-20(25)17-7-8-17)27-19(15)21(26)24-11-9-23(10-12-24)14-16-5-3-2-4-6-16/h2-6,13,17H,7-12,14H2,1H3,(H,22,25). The van der Waals surface area contributed by atoms with Gasteiger partial charge in [0.25, 0.3) is 5.91 Å². The van der Waals surface area contributed by atoms with Gasteiger partial charge in [0.2, 0.25) is 5.91 Å². The highest BCUT2D eigenvalue weighted by Crippen LogP contribution is 2.33. The number of piperazine rings is 1. The van der Waals surface area contributed by atoms with Crippen LogP contribution in [0.2, 0.25) is 0 Å². The molecule has 6 heteroatoms. The average Bonchev–Trinajstić information content (AvgIpc) is 3.47. The molecule has 0 radical (unpaired) electrons. The molecular weight excluding hydrogens is 358 g/mol. The molecule has 142 valence electrons. The molecule has 1 aliphatic heterocycles. The highest BCUT2D eigenvalue weighted by Gasteiger charge is 2.30. The maximum Gasteiger partial charge on any atom is 0.264 e. The van der Waals surface area contributed by atoms with E-state index in [-0.39, 0.29) is 17.7 Å². The third-order valence-electron chi connectivity index (χ3n) is 5.22. The molecule has 0 spiro atoms. The second-order valence-corrected chi connectivity index (χ2v) is 8.49. The summed E-state index contributed by atoms with van der Waals surface area (Å²) < 4.78 is 0. The predicted octanol–water partition coefficient (Wildman–Crippen LogP) is 3.36. The van der Waals surface area contributed by atoms with Crippen LogP contribution in [0.15, 0.2) is 36.4 Å². The largest absolute Gasteiger partial charge is 0.335 e. The maximum atomic E-state index is 12.9. The minimum Gasteiger partial charge on any atom is -0.335 e. The van der Waals surface area contributed by atoms with Gasteiger partial charge in [-0.1, -0.05) is 30.3 Å². The zero-order chi connectivity index (χ0) is 18.8. The Labute approximate surface area is 164 Å². The molecule has 1 saturated heterocycles. The van der Waals surface area contributed by atoms with Crippen molar-refractivity contribution in [1.29, 1.82) is 0 Å². The quantitative estimate of drug-likeness (QED) is 0.861. The lowest BCUT2D eigenvalue weighted by Gasteiger charge is -2.34. The number of anilines is 1. The Hall–Kier alpha value is -2.18. The fourth-order valence-electron chi connectivity index (χ4n) is 3.42. The zero-order valence-electron chi connectivity index (χ0n) is 15.6. The predicted molar refractivity (Wildman–Crippen MR) is 108 cm³/mol. The van der Waals surface area contributed by atoms with E-state index >= 15 is 0 Å². The lowest BCUT2D eigenvalue weighted by Crippen LogP contribution is -2.48. The zero-order valence-corrected chi connectivity index (χ0v) is 16.4. The van der Waals surface area contributed by atoms with Gasteiger partial charge in [-0.3, -0.25) is 14.5 Å². The molecule has 1 aromatic heterocycles. The lowest BCUT2D eigenvalue weighted by molar-refractivity contribution is -0.117. The smallest absolute Gasteiger partial charge is 0.264 e. The van der Waals surface area contributed by atoms with E-state index in [1.807, 2.05) is 24.0 Å². The molecule has 5 nitrogen and oxygen atoms in total. The van der Waals surface area contributed by atoms with Crippen molar-refractivity contribution >= 4 is 28.2 Å². The molecule has 2 heterocycles. The molecule has 2 aromatic rings. The van der Waals surface area contributed by atoms with E-state index in [2.05, 4.69) is 34.5 Å². The van der Waals surface area contributed by atoms with Crippen LogP contribution < -0.4 is 5.32 Å². The minimum absolute atomic E-state index is 0.0868. The number of nitrogens with zero attached hydrogens (tertiary/aromatic N) is 2. The molecule has 4 rings (SSSR count). The molecule has 1 N–H and O–H groups in total. The molecule has 2 amide bonds. The van der Waals surface area contributed by atoms with Crippen LogP contribution in [0, 0.1) is 12.8 Å². The minimum atomic E-state index is 0.0868. The molecule has 1 aliphatic carbocycles. The molecule has 27 heavy (non-hydrogen) atoms. The summed E-state index contributed by atoms with van der Waals surface area (Å²) in [5.41, 5.74) is 2.25. The van der Waals surface area contributed by atoms with Gasteiger partial charge in [0.1, 0.15) is 0 Å². The van der Waals surface area contributed by atoms with E-state index < -0.39 is 0 Å². The number of hydrogen-bond donors (Lipinski definition) is 1. The lowest BCUT2D eigenvalue weighted by atomic mass is 10.2. The summed E-state index contributed by atoms with van der Waals surface area (Å²) in [6.07, 6.45) is 1.96. The molecular formula is C21H25N3O2S. The Morgan fingerprint density at radius 3 is 2.48 bits per heavy atom. The molecule has 0 bridgehead atoms. The third-order valence-corrected chi connectivity index (χ3v) is 6.36. The first-order chi connectivity index (χ1) is 13.1. The van der Waals surface area contributed by atoms with Gasteiger partial charge >= 0.3 is 0 Å². The normalized spacial score (nSPS) is 17.7. The Balaban J connectivity index is 1.33. The number of benzene rings is 1. The van der Waals surface area contributed by atoms with Gasteiger partial charge in [-0.05, 0) is 37.0 Å². The Kier molecular flexibility index (Phi) is 5.27. The number of amides is 2. The van der Waals surface area contributed by atoms with E-state index in [4.69, 9.17) is 0 Å². The summed E-state index contributed by atoms with van der Waals surface area (Å²) in [5, 5.41) is 3.75. The SMILES string of the molecule is Cc1cc(NC(=O)C2CC2)sc1C(=O)N1CCN(Cc2ccccc2)CC1. The molecule has 2 fully saturated rings. The van der Waals surface area contributed by atoms with Gasteiger partial charge in [-0.15, -0.1) is 11.3 Å². The van der Waals surface area contributed by atoms with Crippen LogP contribution in [0.3, 0.4) is 0 Å². The summed E-state index contributed by atoms with van der Waals surface area (Å²) in [4.78, 5) is 30.0. The van der Waals surface area contributed by atoms with Crippen molar-refractivity contribution in [3.63, 3.8) is 0 Å². The van der Waals surface area contributed by atoms with Crippen molar-refractivity contribution in [3.05, 3.63) is 52.4 Å². The fourth-order valence-corrected chi connectivity index (χ4v) is 4.46. The van der Waals surface area contributed by atoms with E-state index in [9.17, 15) is 9.59 Å². The maximum absolute atomic E-state index is 12.9. The number of thiophene rings is 1. The Morgan fingerprint density at radius 2 is 1.81 bits per heavy atom. The monoisotopic (exact) mass is 383 g/mol. The van der Waals surface area contributed by atoms with Gasteiger partial charge in [-0.25, -0.2) is 0 Å². The van der Waals surface area contributed by atoms with E-state index in [0.717, 1.165) is 61.0 Å². The number of hydrogen-bond acceptors (Lipinski definition) is 4. The highest BCUT2D eigenvalue weighted by molar-refractivity contribution is 7.18. The fraction of sp³-hybridized carbons (Fsp3) is 0.429. The Bertz CT molecular complexity index is 821. The molecule has 0 atom stereocenters.